The van der Waals surface area contributed by atoms with Gasteiger partial charge in [-0.1, -0.05) is 24.3 Å². The third kappa shape index (κ3) is 3.12. The molecule has 0 aliphatic heterocycles. The van der Waals surface area contributed by atoms with Crippen molar-refractivity contribution in [2.45, 2.75) is 12.6 Å². The Morgan fingerprint density at radius 1 is 1.41 bits per heavy atom. The number of hydrogen-bond acceptors (Lipinski definition) is 4. The fourth-order valence-electron chi connectivity index (χ4n) is 1.78. The summed E-state index contributed by atoms with van der Waals surface area (Å²) in [7, 11) is 4.13. The largest absolute Gasteiger partial charge is 0.318 e. The van der Waals surface area contributed by atoms with Crippen LogP contribution in [0.25, 0.3) is 0 Å². The second-order valence-corrected chi connectivity index (χ2v) is 5.26. The van der Waals surface area contributed by atoms with Gasteiger partial charge in [-0.15, -0.1) is 11.3 Å². The van der Waals surface area contributed by atoms with Gasteiger partial charge in [0.05, 0.1) is 6.04 Å². The van der Waals surface area contributed by atoms with Crippen LogP contribution in [-0.4, -0.2) is 24.0 Å². The smallest absolute Gasteiger partial charge is 0.114 e. The SMILES string of the molecule is CN(C)Cc1cccc(C(N)c2nccs2)c1. The summed E-state index contributed by atoms with van der Waals surface area (Å²) in [6.07, 6.45) is 1.80. The van der Waals surface area contributed by atoms with E-state index >= 15 is 0 Å². The molecule has 1 aromatic carbocycles. The molecule has 0 fully saturated rings. The summed E-state index contributed by atoms with van der Waals surface area (Å²) in [5.41, 5.74) is 8.60. The van der Waals surface area contributed by atoms with E-state index in [9.17, 15) is 0 Å². The van der Waals surface area contributed by atoms with Gasteiger partial charge in [0, 0.05) is 18.1 Å². The van der Waals surface area contributed by atoms with Crippen molar-refractivity contribution in [3.8, 4) is 0 Å². The maximum Gasteiger partial charge on any atom is 0.114 e. The average Bonchev–Trinajstić information content (AvgIpc) is 2.81. The van der Waals surface area contributed by atoms with Gasteiger partial charge in [-0.2, -0.15) is 0 Å². The molecule has 2 aromatic rings. The van der Waals surface area contributed by atoms with Crippen LogP contribution in [0.5, 0.6) is 0 Å². The molecule has 2 rings (SSSR count). The van der Waals surface area contributed by atoms with Crippen LogP contribution >= 0.6 is 11.3 Å². The molecule has 0 bridgehead atoms. The molecule has 1 unspecified atom stereocenters. The molecule has 1 heterocycles. The first-order valence-corrected chi connectivity index (χ1v) is 6.43. The van der Waals surface area contributed by atoms with Crippen molar-refractivity contribution in [3.63, 3.8) is 0 Å². The second-order valence-electron chi connectivity index (χ2n) is 4.33. The molecule has 4 heteroatoms. The minimum atomic E-state index is -0.114. The lowest BCUT2D eigenvalue weighted by molar-refractivity contribution is 0.402. The van der Waals surface area contributed by atoms with Crippen molar-refractivity contribution in [1.29, 1.82) is 0 Å². The number of rotatable bonds is 4. The molecule has 1 atom stereocenters. The highest BCUT2D eigenvalue weighted by Gasteiger charge is 2.11. The summed E-state index contributed by atoms with van der Waals surface area (Å²) in [6.45, 7) is 0.929. The van der Waals surface area contributed by atoms with Crippen LogP contribution in [0.1, 0.15) is 22.2 Å². The Morgan fingerprint density at radius 3 is 2.88 bits per heavy atom. The quantitative estimate of drug-likeness (QED) is 0.901. The highest BCUT2D eigenvalue weighted by atomic mass is 32.1. The number of aromatic nitrogens is 1. The molecule has 0 saturated heterocycles. The van der Waals surface area contributed by atoms with Gasteiger partial charge >= 0.3 is 0 Å². The second kappa shape index (κ2) is 5.40. The highest BCUT2D eigenvalue weighted by molar-refractivity contribution is 7.09. The van der Waals surface area contributed by atoms with E-state index in [0.29, 0.717) is 0 Å². The van der Waals surface area contributed by atoms with E-state index in [4.69, 9.17) is 5.73 Å². The highest BCUT2D eigenvalue weighted by Crippen LogP contribution is 2.22. The first-order chi connectivity index (χ1) is 8.16. The Bertz CT molecular complexity index is 465. The Labute approximate surface area is 106 Å². The zero-order chi connectivity index (χ0) is 12.3. The van der Waals surface area contributed by atoms with Crippen molar-refractivity contribution in [2.24, 2.45) is 5.73 Å². The Kier molecular flexibility index (Phi) is 3.89. The maximum atomic E-state index is 6.19. The topological polar surface area (TPSA) is 42.1 Å². The van der Waals surface area contributed by atoms with Gasteiger partial charge in [-0.25, -0.2) is 4.98 Å². The van der Waals surface area contributed by atoms with E-state index in [1.165, 1.54) is 5.56 Å². The van der Waals surface area contributed by atoms with Crippen molar-refractivity contribution in [1.82, 2.24) is 9.88 Å². The standard InChI is InChI=1S/C13H17N3S/c1-16(2)9-10-4-3-5-11(8-10)12(14)13-15-6-7-17-13/h3-8,12H,9,14H2,1-2H3. The van der Waals surface area contributed by atoms with E-state index in [-0.39, 0.29) is 6.04 Å². The molecule has 17 heavy (non-hydrogen) atoms. The molecule has 0 aliphatic rings. The molecule has 0 saturated carbocycles. The van der Waals surface area contributed by atoms with Gasteiger partial charge < -0.3 is 10.6 Å². The van der Waals surface area contributed by atoms with Crippen molar-refractivity contribution < 1.29 is 0 Å². The number of hydrogen-bond donors (Lipinski definition) is 1. The minimum Gasteiger partial charge on any atom is -0.318 e. The Hall–Kier alpha value is -1.23. The monoisotopic (exact) mass is 247 g/mol. The fraction of sp³-hybridized carbons (Fsp3) is 0.308. The Morgan fingerprint density at radius 2 is 2.24 bits per heavy atom. The van der Waals surface area contributed by atoms with Gasteiger partial charge in [0.25, 0.3) is 0 Å². The summed E-state index contributed by atoms with van der Waals surface area (Å²) >= 11 is 1.60. The molecule has 3 nitrogen and oxygen atoms in total. The van der Waals surface area contributed by atoms with Gasteiger partial charge in [0.2, 0.25) is 0 Å². The third-order valence-electron chi connectivity index (χ3n) is 2.53. The van der Waals surface area contributed by atoms with Crippen molar-refractivity contribution >= 4 is 11.3 Å². The van der Waals surface area contributed by atoms with Crippen LogP contribution in [0.15, 0.2) is 35.8 Å². The summed E-state index contributed by atoms with van der Waals surface area (Å²) < 4.78 is 0. The number of nitrogens with two attached hydrogens (primary N) is 1. The van der Waals surface area contributed by atoms with Crippen molar-refractivity contribution in [2.75, 3.05) is 14.1 Å². The van der Waals surface area contributed by atoms with Gasteiger partial charge in [-0.05, 0) is 25.2 Å². The van der Waals surface area contributed by atoms with E-state index in [2.05, 4.69) is 48.2 Å². The zero-order valence-electron chi connectivity index (χ0n) is 10.1. The van der Waals surface area contributed by atoms with E-state index in [0.717, 1.165) is 17.1 Å². The lowest BCUT2D eigenvalue weighted by atomic mass is 10.0. The molecule has 2 N–H and O–H groups in total. The molecular formula is C13H17N3S. The molecule has 90 valence electrons. The van der Waals surface area contributed by atoms with Crippen LogP contribution in [-0.2, 0) is 6.54 Å². The Balaban J connectivity index is 2.21. The van der Waals surface area contributed by atoms with Gasteiger partial charge in [-0.3, -0.25) is 0 Å². The van der Waals surface area contributed by atoms with Crippen molar-refractivity contribution in [3.05, 3.63) is 52.0 Å². The van der Waals surface area contributed by atoms with Crippen LogP contribution in [0, 0.1) is 0 Å². The summed E-state index contributed by atoms with van der Waals surface area (Å²) in [5.74, 6) is 0. The van der Waals surface area contributed by atoms with E-state index < -0.39 is 0 Å². The molecule has 0 radical (unpaired) electrons. The summed E-state index contributed by atoms with van der Waals surface area (Å²) in [4.78, 5) is 6.41. The van der Waals surface area contributed by atoms with Crippen LogP contribution in [0.2, 0.25) is 0 Å². The van der Waals surface area contributed by atoms with E-state index in [1.54, 1.807) is 17.5 Å². The first kappa shape index (κ1) is 12.2. The molecular weight excluding hydrogens is 230 g/mol. The minimum absolute atomic E-state index is 0.114. The normalized spacial score (nSPS) is 12.9. The third-order valence-corrected chi connectivity index (χ3v) is 3.39. The lowest BCUT2D eigenvalue weighted by Gasteiger charge is -2.13. The molecule has 0 spiro atoms. The number of thiazole rings is 1. The van der Waals surface area contributed by atoms with Crippen LogP contribution in [0.4, 0.5) is 0 Å². The number of benzene rings is 1. The average molecular weight is 247 g/mol. The van der Waals surface area contributed by atoms with Gasteiger partial charge in [0.15, 0.2) is 0 Å². The molecule has 1 aromatic heterocycles. The van der Waals surface area contributed by atoms with E-state index in [1.807, 2.05) is 5.38 Å². The zero-order valence-corrected chi connectivity index (χ0v) is 10.9. The predicted molar refractivity (Wildman–Crippen MR) is 72.0 cm³/mol. The number of nitrogens with zero attached hydrogens (tertiary/aromatic N) is 2. The van der Waals surface area contributed by atoms with Gasteiger partial charge in [0.1, 0.15) is 5.01 Å². The summed E-state index contributed by atoms with van der Waals surface area (Å²) in [5, 5.41) is 2.92. The molecule has 0 amide bonds. The predicted octanol–water partition coefficient (Wildman–Crippen LogP) is 2.25. The fourth-order valence-corrected chi connectivity index (χ4v) is 2.45. The molecule has 0 aliphatic carbocycles. The first-order valence-electron chi connectivity index (χ1n) is 5.55. The summed E-state index contributed by atoms with van der Waals surface area (Å²) in [6, 6.07) is 8.29. The van der Waals surface area contributed by atoms with Crippen LogP contribution < -0.4 is 5.73 Å². The maximum absolute atomic E-state index is 6.19. The van der Waals surface area contributed by atoms with Crippen LogP contribution in [0.3, 0.4) is 0 Å². The lowest BCUT2D eigenvalue weighted by Crippen LogP contribution is -2.14.